The quantitative estimate of drug-likeness (QED) is 0.881. The Hall–Kier alpha value is -2.02. The van der Waals surface area contributed by atoms with Crippen LogP contribution in [0.1, 0.15) is 22.8 Å². The maximum atomic E-state index is 12.1. The third-order valence-electron chi connectivity index (χ3n) is 2.31. The zero-order valence-corrected chi connectivity index (χ0v) is 10.9. The second kappa shape index (κ2) is 5.54. The molecule has 94 valence electrons. The lowest BCUT2D eigenvalue weighted by Crippen LogP contribution is -2.14. The van der Waals surface area contributed by atoms with Crippen LogP contribution in [-0.4, -0.2) is 27.3 Å². The molecule has 1 heterocycles. The highest BCUT2D eigenvalue weighted by Gasteiger charge is 2.13. The molecule has 1 amide bonds. The van der Waals surface area contributed by atoms with Gasteiger partial charge in [-0.1, -0.05) is 15.7 Å². The van der Waals surface area contributed by atoms with Gasteiger partial charge >= 0.3 is 0 Å². The zero-order chi connectivity index (χ0) is 13.0. The molecule has 1 aromatic heterocycles. The summed E-state index contributed by atoms with van der Waals surface area (Å²) in [7, 11) is 0. The number of nitrogens with one attached hydrogen (secondary N) is 2. The summed E-state index contributed by atoms with van der Waals surface area (Å²) in [6.07, 6.45) is 0. The van der Waals surface area contributed by atoms with Crippen molar-refractivity contribution in [2.45, 2.75) is 13.8 Å². The van der Waals surface area contributed by atoms with Crippen LogP contribution in [0.15, 0.2) is 18.2 Å². The maximum Gasteiger partial charge on any atom is 0.259 e. The standard InChI is InChI=1S/C11H13N5OS/c1-3-12-9-6-7(2)4-5-8(9)10(17)13-11-14-15-16-18-11/h4-6,12H,3H2,1-2H3,(H,13,14,16,17). The summed E-state index contributed by atoms with van der Waals surface area (Å²) in [4.78, 5) is 12.1. The van der Waals surface area contributed by atoms with Crippen molar-refractivity contribution in [3.8, 4) is 0 Å². The van der Waals surface area contributed by atoms with Crippen molar-refractivity contribution in [1.82, 2.24) is 14.8 Å². The molecule has 0 aliphatic rings. The van der Waals surface area contributed by atoms with Crippen LogP contribution in [-0.2, 0) is 0 Å². The van der Waals surface area contributed by atoms with Crippen molar-refractivity contribution >= 4 is 28.3 Å². The zero-order valence-electron chi connectivity index (χ0n) is 10.1. The minimum atomic E-state index is -0.218. The van der Waals surface area contributed by atoms with Crippen molar-refractivity contribution in [3.05, 3.63) is 29.3 Å². The van der Waals surface area contributed by atoms with Gasteiger partial charge in [0.05, 0.1) is 5.56 Å². The fourth-order valence-corrected chi connectivity index (χ4v) is 1.90. The number of benzene rings is 1. The first kappa shape index (κ1) is 12.4. The molecule has 2 N–H and O–H groups in total. The Kier molecular flexibility index (Phi) is 3.83. The first-order valence-corrected chi connectivity index (χ1v) is 6.29. The number of nitrogens with zero attached hydrogens (tertiary/aromatic N) is 3. The minimum Gasteiger partial charge on any atom is -0.385 e. The molecular formula is C11H13N5OS. The molecule has 0 fully saturated rings. The Morgan fingerprint density at radius 3 is 2.94 bits per heavy atom. The maximum absolute atomic E-state index is 12.1. The molecule has 18 heavy (non-hydrogen) atoms. The SMILES string of the molecule is CCNc1cc(C)ccc1C(=O)Nc1nnns1. The Balaban J connectivity index is 2.23. The van der Waals surface area contributed by atoms with Crippen LogP contribution in [0.2, 0.25) is 0 Å². The van der Waals surface area contributed by atoms with E-state index in [-0.39, 0.29) is 5.91 Å². The van der Waals surface area contributed by atoms with Gasteiger partial charge in [0.25, 0.3) is 5.91 Å². The highest BCUT2D eigenvalue weighted by Crippen LogP contribution is 2.19. The predicted molar refractivity (Wildman–Crippen MR) is 71.0 cm³/mol. The molecule has 6 nitrogen and oxygen atoms in total. The van der Waals surface area contributed by atoms with Gasteiger partial charge in [-0.2, -0.15) is 0 Å². The van der Waals surface area contributed by atoms with Crippen LogP contribution < -0.4 is 10.6 Å². The second-order valence-electron chi connectivity index (χ2n) is 3.70. The minimum absolute atomic E-state index is 0.218. The van der Waals surface area contributed by atoms with E-state index in [1.54, 1.807) is 6.07 Å². The van der Waals surface area contributed by atoms with Gasteiger partial charge in [-0.05, 0) is 36.8 Å². The van der Waals surface area contributed by atoms with Crippen LogP contribution in [0.25, 0.3) is 0 Å². The van der Waals surface area contributed by atoms with Crippen LogP contribution in [0.3, 0.4) is 0 Å². The molecule has 0 radical (unpaired) electrons. The van der Waals surface area contributed by atoms with Crippen molar-refractivity contribution in [2.75, 3.05) is 17.2 Å². The van der Waals surface area contributed by atoms with E-state index in [0.717, 1.165) is 29.3 Å². The summed E-state index contributed by atoms with van der Waals surface area (Å²) < 4.78 is 3.59. The number of hydrogen-bond donors (Lipinski definition) is 2. The van der Waals surface area contributed by atoms with Gasteiger partial charge in [0, 0.05) is 23.8 Å². The summed E-state index contributed by atoms with van der Waals surface area (Å²) in [5, 5.41) is 13.3. The molecule has 0 saturated heterocycles. The van der Waals surface area contributed by atoms with Gasteiger partial charge in [-0.15, -0.1) is 0 Å². The predicted octanol–water partition coefficient (Wildman–Crippen LogP) is 1.93. The molecule has 0 unspecified atom stereocenters. The molecule has 2 aromatic rings. The lowest BCUT2D eigenvalue weighted by atomic mass is 10.1. The van der Waals surface area contributed by atoms with Crippen molar-refractivity contribution in [3.63, 3.8) is 0 Å². The summed E-state index contributed by atoms with van der Waals surface area (Å²) >= 11 is 1.04. The second-order valence-corrected chi connectivity index (χ2v) is 4.43. The molecule has 0 aliphatic carbocycles. The monoisotopic (exact) mass is 263 g/mol. The topological polar surface area (TPSA) is 79.8 Å². The molecule has 0 saturated carbocycles. The summed E-state index contributed by atoms with van der Waals surface area (Å²) in [6.45, 7) is 4.72. The van der Waals surface area contributed by atoms with Gasteiger partial charge < -0.3 is 5.32 Å². The van der Waals surface area contributed by atoms with Crippen LogP contribution >= 0.6 is 11.5 Å². The molecule has 0 bridgehead atoms. The highest BCUT2D eigenvalue weighted by molar-refractivity contribution is 7.09. The van der Waals surface area contributed by atoms with Gasteiger partial charge in [-0.25, -0.2) is 0 Å². The van der Waals surface area contributed by atoms with E-state index in [1.165, 1.54) is 0 Å². The Morgan fingerprint density at radius 2 is 2.28 bits per heavy atom. The highest BCUT2D eigenvalue weighted by atomic mass is 32.1. The summed E-state index contributed by atoms with van der Waals surface area (Å²) in [5.74, 6) is -0.218. The summed E-state index contributed by atoms with van der Waals surface area (Å²) in [5.41, 5.74) is 2.49. The molecule has 2 rings (SSSR count). The number of carbonyl (C=O) groups is 1. The Morgan fingerprint density at radius 1 is 1.44 bits per heavy atom. The Labute approximate surface area is 109 Å². The number of carbonyl (C=O) groups excluding carboxylic acids is 1. The average molecular weight is 263 g/mol. The fraction of sp³-hybridized carbons (Fsp3) is 0.273. The van der Waals surface area contributed by atoms with Gasteiger partial charge in [0.15, 0.2) is 0 Å². The lowest BCUT2D eigenvalue weighted by Gasteiger charge is -2.10. The van der Waals surface area contributed by atoms with E-state index in [4.69, 9.17) is 0 Å². The first-order chi connectivity index (χ1) is 8.70. The van der Waals surface area contributed by atoms with E-state index < -0.39 is 0 Å². The number of aromatic nitrogens is 3. The van der Waals surface area contributed by atoms with E-state index in [9.17, 15) is 4.79 Å². The van der Waals surface area contributed by atoms with Crippen LogP contribution in [0.4, 0.5) is 10.8 Å². The van der Waals surface area contributed by atoms with Crippen molar-refractivity contribution < 1.29 is 4.79 Å². The molecule has 0 aliphatic heterocycles. The van der Waals surface area contributed by atoms with Crippen LogP contribution in [0, 0.1) is 6.92 Å². The Bertz CT molecular complexity index is 540. The number of hydrogen-bond acceptors (Lipinski definition) is 6. The largest absolute Gasteiger partial charge is 0.385 e. The normalized spacial score (nSPS) is 10.1. The third-order valence-corrected chi connectivity index (χ3v) is 2.82. The van der Waals surface area contributed by atoms with Gasteiger partial charge in [0.1, 0.15) is 0 Å². The van der Waals surface area contributed by atoms with E-state index >= 15 is 0 Å². The molecule has 1 aromatic carbocycles. The summed E-state index contributed by atoms with van der Waals surface area (Å²) in [6, 6.07) is 5.63. The fourth-order valence-electron chi connectivity index (χ4n) is 1.54. The number of anilines is 2. The molecule has 7 heteroatoms. The van der Waals surface area contributed by atoms with E-state index in [2.05, 4.69) is 25.4 Å². The molecular weight excluding hydrogens is 250 g/mol. The van der Waals surface area contributed by atoms with E-state index in [1.807, 2.05) is 26.0 Å². The van der Waals surface area contributed by atoms with E-state index in [0.29, 0.717) is 10.7 Å². The lowest BCUT2D eigenvalue weighted by molar-refractivity contribution is 0.102. The third kappa shape index (κ3) is 2.80. The smallest absolute Gasteiger partial charge is 0.259 e. The molecule has 0 atom stereocenters. The number of amides is 1. The molecule has 0 spiro atoms. The van der Waals surface area contributed by atoms with Crippen molar-refractivity contribution in [1.29, 1.82) is 0 Å². The number of rotatable bonds is 4. The van der Waals surface area contributed by atoms with Gasteiger partial charge in [-0.3, -0.25) is 10.1 Å². The first-order valence-electron chi connectivity index (χ1n) is 5.51. The number of aryl methyl sites for hydroxylation is 1. The van der Waals surface area contributed by atoms with Crippen molar-refractivity contribution in [2.24, 2.45) is 0 Å². The van der Waals surface area contributed by atoms with Gasteiger partial charge in [0.2, 0.25) is 5.13 Å². The average Bonchev–Trinajstić information content (AvgIpc) is 2.82. The van der Waals surface area contributed by atoms with Crippen LogP contribution in [0.5, 0.6) is 0 Å².